The van der Waals surface area contributed by atoms with E-state index in [0.29, 0.717) is 12.1 Å². The van der Waals surface area contributed by atoms with Gasteiger partial charge in [-0.3, -0.25) is 0 Å². The zero-order valence-electron chi connectivity index (χ0n) is 13.3. The van der Waals surface area contributed by atoms with E-state index in [9.17, 15) is 0 Å². The summed E-state index contributed by atoms with van der Waals surface area (Å²) in [6.45, 7) is 6.51. The summed E-state index contributed by atoms with van der Waals surface area (Å²) in [6, 6.07) is 2.58. The summed E-state index contributed by atoms with van der Waals surface area (Å²) >= 11 is 0. The Morgan fingerprint density at radius 2 is 1.90 bits per heavy atom. The molecule has 0 spiro atoms. The number of nitrogens with one attached hydrogen (secondary N) is 1. The first-order chi connectivity index (χ1) is 9.54. The first-order valence-electron chi connectivity index (χ1n) is 8.08. The van der Waals surface area contributed by atoms with E-state index in [1.165, 1.54) is 32.1 Å². The van der Waals surface area contributed by atoms with Gasteiger partial charge >= 0.3 is 0 Å². The van der Waals surface area contributed by atoms with Crippen LogP contribution in [0.1, 0.15) is 57.7 Å². The Balaban J connectivity index is 1.72. The Kier molecular flexibility index (Phi) is 3.76. The maximum absolute atomic E-state index is 4.68. The average molecular weight is 276 g/mol. The molecule has 3 rings (SSSR count). The normalized spacial score (nSPS) is 30.8. The molecule has 0 saturated carbocycles. The fourth-order valence-corrected chi connectivity index (χ4v) is 3.93. The molecule has 3 heterocycles. The summed E-state index contributed by atoms with van der Waals surface area (Å²) in [7, 11) is 2.31. The van der Waals surface area contributed by atoms with Crippen molar-refractivity contribution in [3.63, 3.8) is 0 Å². The predicted molar refractivity (Wildman–Crippen MR) is 83.2 cm³/mol. The Hall–Kier alpha value is -1.03. The number of piperidine rings is 2. The fraction of sp³-hybridized carbons (Fsp3) is 0.812. The third-order valence-electron chi connectivity index (χ3n) is 5.08. The maximum Gasteiger partial charge on any atom is 0.203 e. The van der Waals surface area contributed by atoms with Gasteiger partial charge in [0.2, 0.25) is 5.95 Å². The minimum atomic E-state index is 0.462. The van der Waals surface area contributed by atoms with Gasteiger partial charge in [0, 0.05) is 30.4 Å². The van der Waals surface area contributed by atoms with Crippen LogP contribution in [-0.4, -0.2) is 39.6 Å². The molecule has 4 heteroatoms. The van der Waals surface area contributed by atoms with Gasteiger partial charge in [0.05, 0.1) is 5.69 Å². The summed E-state index contributed by atoms with van der Waals surface area (Å²) in [5.41, 5.74) is 1.11. The van der Waals surface area contributed by atoms with E-state index < -0.39 is 0 Å². The molecule has 2 aliphatic heterocycles. The third kappa shape index (κ3) is 2.58. The molecule has 1 N–H and O–H groups in total. The lowest BCUT2D eigenvalue weighted by Gasteiger charge is -2.47. The van der Waals surface area contributed by atoms with Crippen LogP contribution >= 0.6 is 0 Å². The Bertz CT molecular complexity index is 451. The van der Waals surface area contributed by atoms with Crippen LogP contribution in [0.15, 0.2) is 6.20 Å². The smallest absolute Gasteiger partial charge is 0.203 e. The molecule has 1 aromatic rings. The summed E-state index contributed by atoms with van der Waals surface area (Å²) in [6.07, 6.45) is 8.81. The summed E-state index contributed by atoms with van der Waals surface area (Å²) in [5, 5.41) is 3.73. The van der Waals surface area contributed by atoms with Crippen molar-refractivity contribution in [1.82, 2.24) is 14.5 Å². The molecule has 0 aliphatic carbocycles. The van der Waals surface area contributed by atoms with Crippen LogP contribution in [0.3, 0.4) is 0 Å². The molecular formula is C16H28N4. The number of aromatic nitrogens is 2. The largest absolute Gasteiger partial charge is 0.353 e. The van der Waals surface area contributed by atoms with Gasteiger partial charge in [-0.05, 0) is 53.5 Å². The first kappa shape index (κ1) is 13.9. The van der Waals surface area contributed by atoms with E-state index in [0.717, 1.165) is 23.7 Å². The Morgan fingerprint density at radius 3 is 2.50 bits per heavy atom. The van der Waals surface area contributed by atoms with E-state index in [-0.39, 0.29) is 0 Å². The number of anilines is 1. The van der Waals surface area contributed by atoms with Crippen LogP contribution in [0.2, 0.25) is 0 Å². The SMILES string of the molecule is Cc1cn(C(C)C)c(NC2CC3CCCC(C2)N3C)n1. The zero-order valence-corrected chi connectivity index (χ0v) is 13.3. The van der Waals surface area contributed by atoms with Crippen molar-refractivity contribution in [2.75, 3.05) is 12.4 Å². The minimum Gasteiger partial charge on any atom is -0.353 e. The van der Waals surface area contributed by atoms with E-state index >= 15 is 0 Å². The van der Waals surface area contributed by atoms with Gasteiger partial charge < -0.3 is 14.8 Å². The molecule has 0 amide bonds. The van der Waals surface area contributed by atoms with Crippen LogP contribution in [0.4, 0.5) is 5.95 Å². The second-order valence-corrected chi connectivity index (χ2v) is 6.92. The van der Waals surface area contributed by atoms with E-state index in [2.05, 4.69) is 53.8 Å². The molecule has 112 valence electrons. The number of imidazole rings is 1. The zero-order chi connectivity index (χ0) is 14.3. The van der Waals surface area contributed by atoms with Crippen molar-refractivity contribution in [2.24, 2.45) is 0 Å². The molecule has 4 nitrogen and oxygen atoms in total. The van der Waals surface area contributed by atoms with Crippen LogP contribution < -0.4 is 5.32 Å². The highest BCUT2D eigenvalue weighted by atomic mass is 15.2. The predicted octanol–water partition coefficient (Wildman–Crippen LogP) is 3.20. The lowest BCUT2D eigenvalue weighted by Crippen LogP contribution is -2.53. The molecule has 2 atom stereocenters. The molecule has 0 aromatic carbocycles. The van der Waals surface area contributed by atoms with Gasteiger partial charge in [-0.2, -0.15) is 0 Å². The summed E-state index contributed by atoms with van der Waals surface area (Å²) < 4.78 is 2.27. The van der Waals surface area contributed by atoms with Gasteiger partial charge in [-0.15, -0.1) is 0 Å². The molecule has 0 radical (unpaired) electrons. The van der Waals surface area contributed by atoms with Crippen LogP contribution in [0.5, 0.6) is 0 Å². The minimum absolute atomic E-state index is 0.462. The van der Waals surface area contributed by atoms with Crippen molar-refractivity contribution < 1.29 is 0 Å². The molecule has 1 aromatic heterocycles. The van der Waals surface area contributed by atoms with E-state index in [1.54, 1.807) is 0 Å². The van der Waals surface area contributed by atoms with Gasteiger partial charge in [-0.1, -0.05) is 6.42 Å². The Labute approximate surface area is 122 Å². The standard InChI is InChI=1S/C16H28N4/c1-11(2)20-10-12(3)17-16(20)18-13-8-14-6-5-7-15(9-13)19(14)4/h10-11,13-15H,5-9H2,1-4H3,(H,17,18). The van der Waals surface area contributed by atoms with Crippen molar-refractivity contribution in [3.05, 3.63) is 11.9 Å². The fourth-order valence-electron chi connectivity index (χ4n) is 3.93. The molecule has 2 unspecified atom stereocenters. The molecule has 2 aliphatic rings. The van der Waals surface area contributed by atoms with Gasteiger partial charge in [-0.25, -0.2) is 4.98 Å². The number of aryl methyl sites for hydroxylation is 1. The lowest BCUT2D eigenvalue weighted by molar-refractivity contribution is 0.0606. The van der Waals surface area contributed by atoms with E-state index in [1.807, 2.05) is 0 Å². The molecular weight excluding hydrogens is 248 g/mol. The van der Waals surface area contributed by atoms with Crippen LogP contribution in [0.25, 0.3) is 0 Å². The van der Waals surface area contributed by atoms with Crippen molar-refractivity contribution in [1.29, 1.82) is 0 Å². The molecule has 2 bridgehead atoms. The number of hydrogen-bond acceptors (Lipinski definition) is 3. The first-order valence-corrected chi connectivity index (χ1v) is 8.08. The second kappa shape index (κ2) is 5.40. The van der Waals surface area contributed by atoms with Crippen molar-refractivity contribution >= 4 is 5.95 Å². The molecule has 20 heavy (non-hydrogen) atoms. The third-order valence-corrected chi connectivity index (χ3v) is 5.08. The number of fused-ring (bicyclic) bond motifs is 2. The van der Waals surface area contributed by atoms with Gasteiger partial charge in [0.25, 0.3) is 0 Å². The van der Waals surface area contributed by atoms with Crippen molar-refractivity contribution in [2.45, 2.75) is 77.0 Å². The number of hydrogen-bond donors (Lipinski definition) is 1. The van der Waals surface area contributed by atoms with Crippen LogP contribution in [0, 0.1) is 6.92 Å². The average Bonchev–Trinajstić information content (AvgIpc) is 2.72. The number of nitrogens with zero attached hydrogens (tertiary/aromatic N) is 3. The summed E-state index contributed by atoms with van der Waals surface area (Å²) in [5.74, 6) is 1.06. The van der Waals surface area contributed by atoms with Gasteiger partial charge in [0.1, 0.15) is 0 Å². The monoisotopic (exact) mass is 276 g/mol. The quantitative estimate of drug-likeness (QED) is 0.920. The lowest BCUT2D eigenvalue weighted by atomic mass is 9.82. The highest BCUT2D eigenvalue weighted by molar-refractivity contribution is 5.31. The summed E-state index contributed by atoms with van der Waals surface area (Å²) in [4.78, 5) is 7.29. The molecule has 2 fully saturated rings. The van der Waals surface area contributed by atoms with Gasteiger partial charge in [0.15, 0.2) is 0 Å². The van der Waals surface area contributed by atoms with Crippen LogP contribution in [-0.2, 0) is 0 Å². The highest BCUT2D eigenvalue weighted by Crippen LogP contribution is 2.34. The maximum atomic E-state index is 4.68. The topological polar surface area (TPSA) is 33.1 Å². The van der Waals surface area contributed by atoms with Crippen molar-refractivity contribution in [3.8, 4) is 0 Å². The Morgan fingerprint density at radius 1 is 1.25 bits per heavy atom. The number of rotatable bonds is 3. The van der Waals surface area contributed by atoms with E-state index in [4.69, 9.17) is 0 Å². The highest BCUT2D eigenvalue weighted by Gasteiger charge is 2.36. The molecule has 2 saturated heterocycles. The second-order valence-electron chi connectivity index (χ2n) is 6.92.